The number of pyridine rings is 1. The van der Waals surface area contributed by atoms with Gasteiger partial charge < -0.3 is 15.4 Å². The molecule has 124 valence electrons. The third-order valence-electron chi connectivity index (χ3n) is 3.86. The van der Waals surface area contributed by atoms with Crippen LogP contribution >= 0.6 is 15.9 Å². The Kier molecular flexibility index (Phi) is 8.42. The monoisotopic (exact) mass is 371 g/mol. The number of carbonyl (C=O) groups excluding carboxylic acids is 1. The fourth-order valence-corrected chi connectivity index (χ4v) is 2.75. The number of halogens is 1. The Morgan fingerprint density at radius 1 is 1.41 bits per heavy atom. The van der Waals surface area contributed by atoms with Gasteiger partial charge in [0.25, 0.3) is 0 Å². The minimum absolute atomic E-state index is 0.190. The Morgan fingerprint density at radius 2 is 2.09 bits per heavy atom. The van der Waals surface area contributed by atoms with E-state index in [1.165, 1.54) is 0 Å². The van der Waals surface area contributed by atoms with Crippen molar-refractivity contribution in [3.05, 3.63) is 28.5 Å². The number of hydrogen-bond donors (Lipinski definition) is 1. The number of rotatable bonds is 9. The molecule has 0 aliphatic rings. The molecular weight excluding hydrogens is 346 g/mol. The Morgan fingerprint density at radius 3 is 2.64 bits per heavy atom. The van der Waals surface area contributed by atoms with Crippen LogP contribution in [0.2, 0.25) is 0 Å². The fraction of sp³-hybridized carbons (Fsp3) is 0.625. The largest absolute Gasteiger partial charge is 0.445 e. The number of nitrogens with zero attached hydrogens (tertiary/aromatic N) is 2. The van der Waals surface area contributed by atoms with E-state index < -0.39 is 6.09 Å². The molecule has 0 radical (unpaired) electrons. The van der Waals surface area contributed by atoms with Crippen LogP contribution in [0, 0.1) is 5.92 Å². The van der Waals surface area contributed by atoms with E-state index in [1.807, 2.05) is 18.2 Å². The first-order chi connectivity index (χ1) is 10.5. The molecule has 22 heavy (non-hydrogen) atoms. The molecule has 2 N–H and O–H groups in total. The van der Waals surface area contributed by atoms with Crippen molar-refractivity contribution in [3.8, 4) is 0 Å². The van der Waals surface area contributed by atoms with Crippen molar-refractivity contribution in [2.75, 3.05) is 19.6 Å². The lowest BCUT2D eigenvalue weighted by molar-refractivity contribution is 0.0447. The molecule has 0 bridgehead atoms. The van der Waals surface area contributed by atoms with E-state index >= 15 is 0 Å². The maximum atomic E-state index is 11.2. The molecule has 0 fully saturated rings. The molecule has 0 saturated heterocycles. The van der Waals surface area contributed by atoms with Crippen molar-refractivity contribution in [2.24, 2.45) is 11.7 Å². The van der Waals surface area contributed by atoms with Crippen molar-refractivity contribution in [1.29, 1.82) is 0 Å². The lowest BCUT2D eigenvalue weighted by atomic mass is 9.97. The number of aromatic nitrogens is 1. The topological polar surface area (TPSA) is 68.5 Å². The third-order valence-corrected chi connectivity index (χ3v) is 4.31. The van der Waals surface area contributed by atoms with E-state index in [0.717, 1.165) is 36.2 Å². The fourth-order valence-electron chi connectivity index (χ4n) is 2.37. The molecule has 0 aromatic carbocycles. The SMILES string of the molecule is CCN(CC)CC(OC(N)=O)C(C)CCc1cccc(Br)n1. The predicted octanol–water partition coefficient (Wildman–Crippen LogP) is 3.22. The highest BCUT2D eigenvalue weighted by Gasteiger charge is 2.22. The van der Waals surface area contributed by atoms with Crippen LogP contribution in [0.3, 0.4) is 0 Å². The quantitative estimate of drug-likeness (QED) is 0.676. The molecular formula is C16H26BrN3O2. The second kappa shape index (κ2) is 9.79. The van der Waals surface area contributed by atoms with Crippen LogP contribution in [0.25, 0.3) is 0 Å². The normalized spacial score (nSPS) is 13.9. The maximum absolute atomic E-state index is 11.2. The Labute approximate surface area is 141 Å². The number of ether oxygens (including phenoxy) is 1. The van der Waals surface area contributed by atoms with Gasteiger partial charge in [0.05, 0.1) is 0 Å². The van der Waals surface area contributed by atoms with Gasteiger partial charge in [-0.3, -0.25) is 0 Å². The average molecular weight is 372 g/mol. The van der Waals surface area contributed by atoms with Gasteiger partial charge >= 0.3 is 6.09 Å². The smallest absolute Gasteiger partial charge is 0.404 e. The summed E-state index contributed by atoms with van der Waals surface area (Å²) in [6, 6.07) is 5.89. The van der Waals surface area contributed by atoms with E-state index in [9.17, 15) is 4.79 Å². The van der Waals surface area contributed by atoms with Crippen LogP contribution < -0.4 is 5.73 Å². The number of amides is 1. The van der Waals surface area contributed by atoms with Gasteiger partial charge in [-0.1, -0.05) is 26.8 Å². The summed E-state index contributed by atoms with van der Waals surface area (Å²) in [4.78, 5) is 17.8. The first-order valence-corrected chi connectivity index (χ1v) is 8.55. The highest BCUT2D eigenvalue weighted by molar-refractivity contribution is 9.10. The predicted molar refractivity (Wildman–Crippen MR) is 91.7 cm³/mol. The van der Waals surface area contributed by atoms with Gasteiger partial charge in [0.1, 0.15) is 10.7 Å². The molecule has 1 rings (SSSR count). The molecule has 2 atom stereocenters. The van der Waals surface area contributed by atoms with Gasteiger partial charge in [-0.25, -0.2) is 9.78 Å². The first-order valence-electron chi connectivity index (χ1n) is 7.76. The molecule has 2 unspecified atom stereocenters. The minimum atomic E-state index is -0.704. The number of primary amides is 1. The third kappa shape index (κ3) is 6.75. The summed E-state index contributed by atoms with van der Waals surface area (Å²) in [5, 5.41) is 0. The number of hydrogen-bond acceptors (Lipinski definition) is 4. The molecule has 1 aromatic rings. The molecule has 5 nitrogen and oxygen atoms in total. The standard InChI is InChI=1S/C16H26BrN3O2/c1-4-20(5-2)11-14(22-16(18)21)12(3)9-10-13-7-6-8-15(17)19-13/h6-8,12,14H,4-5,9-11H2,1-3H3,(H2,18,21). The second-order valence-electron chi connectivity index (χ2n) is 5.43. The summed E-state index contributed by atoms with van der Waals surface area (Å²) in [5.41, 5.74) is 6.25. The summed E-state index contributed by atoms with van der Waals surface area (Å²) in [7, 11) is 0. The van der Waals surface area contributed by atoms with E-state index in [0.29, 0.717) is 6.54 Å². The Bertz CT molecular complexity index is 466. The molecule has 1 heterocycles. The lowest BCUT2D eigenvalue weighted by Crippen LogP contribution is -2.40. The number of carbonyl (C=O) groups is 1. The zero-order valence-electron chi connectivity index (χ0n) is 13.6. The van der Waals surface area contributed by atoms with E-state index in [4.69, 9.17) is 10.5 Å². The lowest BCUT2D eigenvalue weighted by Gasteiger charge is -2.29. The van der Waals surface area contributed by atoms with Crippen LogP contribution in [0.4, 0.5) is 4.79 Å². The Hall–Kier alpha value is -1.14. The van der Waals surface area contributed by atoms with Gasteiger partial charge in [-0.2, -0.15) is 0 Å². The van der Waals surface area contributed by atoms with Crippen molar-refractivity contribution in [2.45, 2.75) is 39.7 Å². The maximum Gasteiger partial charge on any atom is 0.404 e. The summed E-state index contributed by atoms with van der Waals surface area (Å²) < 4.78 is 6.16. The molecule has 6 heteroatoms. The molecule has 1 aromatic heterocycles. The van der Waals surface area contributed by atoms with E-state index in [-0.39, 0.29) is 12.0 Å². The Balaban J connectivity index is 2.62. The van der Waals surface area contributed by atoms with Gasteiger partial charge in [-0.15, -0.1) is 0 Å². The molecule has 0 aliphatic heterocycles. The van der Waals surface area contributed by atoms with Crippen LogP contribution in [0.15, 0.2) is 22.8 Å². The van der Waals surface area contributed by atoms with Crippen LogP contribution in [-0.4, -0.2) is 41.7 Å². The van der Waals surface area contributed by atoms with E-state index in [2.05, 4.69) is 46.6 Å². The van der Waals surface area contributed by atoms with Crippen molar-refractivity contribution >= 4 is 22.0 Å². The number of likely N-dealkylation sites (N-methyl/N-ethyl adjacent to an activating group) is 1. The highest BCUT2D eigenvalue weighted by atomic mass is 79.9. The van der Waals surface area contributed by atoms with Crippen LogP contribution in [0.5, 0.6) is 0 Å². The molecule has 1 amide bonds. The zero-order chi connectivity index (χ0) is 16.5. The van der Waals surface area contributed by atoms with Gasteiger partial charge in [0.15, 0.2) is 0 Å². The summed E-state index contributed by atoms with van der Waals surface area (Å²) in [6.07, 6.45) is 0.842. The first kappa shape index (κ1) is 18.9. The molecule has 0 spiro atoms. The molecule has 0 aliphatic carbocycles. The molecule has 0 saturated carbocycles. The van der Waals surface area contributed by atoms with Crippen molar-refractivity contribution in [1.82, 2.24) is 9.88 Å². The zero-order valence-corrected chi connectivity index (χ0v) is 15.2. The van der Waals surface area contributed by atoms with Crippen molar-refractivity contribution in [3.63, 3.8) is 0 Å². The summed E-state index contributed by atoms with van der Waals surface area (Å²) in [6.45, 7) is 8.85. The van der Waals surface area contributed by atoms with Gasteiger partial charge in [0.2, 0.25) is 0 Å². The second-order valence-corrected chi connectivity index (χ2v) is 6.24. The summed E-state index contributed by atoms with van der Waals surface area (Å²) >= 11 is 3.38. The average Bonchev–Trinajstić information content (AvgIpc) is 2.48. The summed E-state index contributed by atoms with van der Waals surface area (Å²) in [5.74, 6) is 0.217. The van der Waals surface area contributed by atoms with E-state index in [1.54, 1.807) is 0 Å². The number of aryl methyl sites for hydroxylation is 1. The highest BCUT2D eigenvalue weighted by Crippen LogP contribution is 2.17. The van der Waals surface area contributed by atoms with Crippen molar-refractivity contribution < 1.29 is 9.53 Å². The van der Waals surface area contributed by atoms with Gasteiger partial charge in [0, 0.05) is 12.2 Å². The van der Waals surface area contributed by atoms with Crippen LogP contribution in [0.1, 0.15) is 32.9 Å². The number of nitrogens with two attached hydrogens (primary N) is 1. The van der Waals surface area contributed by atoms with Gasteiger partial charge in [-0.05, 0) is 59.9 Å². The van der Waals surface area contributed by atoms with Crippen LogP contribution in [-0.2, 0) is 11.2 Å². The minimum Gasteiger partial charge on any atom is -0.445 e.